The number of carboxylic acids is 1. The fraction of sp³-hybridized carbons (Fsp3) is 0.0526. The average Bonchev–Trinajstić information content (AvgIpc) is 2.94. The molecule has 1 aliphatic heterocycles. The lowest BCUT2D eigenvalue weighted by Crippen LogP contribution is -2.44. The molecule has 1 fully saturated rings. The van der Waals surface area contributed by atoms with Crippen LogP contribution in [0.3, 0.4) is 0 Å². The Morgan fingerprint density at radius 2 is 1.93 bits per heavy atom. The van der Waals surface area contributed by atoms with Crippen molar-refractivity contribution in [2.45, 2.75) is 0 Å². The summed E-state index contributed by atoms with van der Waals surface area (Å²) in [7, 11) is 0. The molecule has 10 heteroatoms. The highest BCUT2D eigenvalue weighted by Gasteiger charge is 2.33. The van der Waals surface area contributed by atoms with Gasteiger partial charge in [-0.15, -0.1) is 0 Å². The third-order valence-corrected chi connectivity index (χ3v) is 4.96. The summed E-state index contributed by atoms with van der Waals surface area (Å²) in [5.74, 6) is -1.78. The Labute approximate surface area is 174 Å². The van der Waals surface area contributed by atoms with E-state index in [1.165, 1.54) is 24.3 Å². The molecular formula is C19H14N2O6S2. The molecule has 2 amide bonds. The van der Waals surface area contributed by atoms with Crippen molar-refractivity contribution in [3.05, 3.63) is 64.6 Å². The third-order valence-electron chi connectivity index (χ3n) is 3.65. The number of amides is 2. The minimum atomic E-state index is -1.10. The highest BCUT2D eigenvalue weighted by Crippen LogP contribution is 2.32. The zero-order chi connectivity index (χ0) is 21.0. The van der Waals surface area contributed by atoms with Crippen LogP contribution in [-0.4, -0.2) is 43.9 Å². The zero-order valence-electron chi connectivity index (χ0n) is 14.7. The molecule has 0 radical (unpaired) electrons. The summed E-state index contributed by atoms with van der Waals surface area (Å²) < 4.78 is 5.28. The molecule has 0 saturated carbocycles. The van der Waals surface area contributed by atoms with Gasteiger partial charge in [-0.05, 0) is 60.3 Å². The summed E-state index contributed by atoms with van der Waals surface area (Å²) >= 11 is 6.20. The molecule has 2 aromatic carbocycles. The van der Waals surface area contributed by atoms with Crippen molar-refractivity contribution in [1.82, 2.24) is 10.4 Å². The van der Waals surface area contributed by atoms with Crippen molar-refractivity contribution in [3.63, 3.8) is 0 Å². The smallest absolute Gasteiger partial charge is 0.341 e. The second-order valence-electron chi connectivity index (χ2n) is 5.76. The molecule has 0 aliphatic carbocycles. The second kappa shape index (κ2) is 8.76. The van der Waals surface area contributed by atoms with Gasteiger partial charge in [-0.3, -0.25) is 15.0 Å². The van der Waals surface area contributed by atoms with E-state index >= 15 is 0 Å². The molecule has 29 heavy (non-hydrogen) atoms. The number of benzene rings is 2. The predicted molar refractivity (Wildman–Crippen MR) is 110 cm³/mol. The quantitative estimate of drug-likeness (QED) is 0.473. The first-order valence-electron chi connectivity index (χ1n) is 8.16. The van der Waals surface area contributed by atoms with Crippen molar-refractivity contribution in [2.75, 3.05) is 6.61 Å². The lowest BCUT2D eigenvalue weighted by molar-refractivity contribution is -0.139. The summed E-state index contributed by atoms with van der Waals surface area (Å²) in [6, 6.07) is 12.1. The molecule has 1 saturated heterocycles. The number of phenols is 1. The molecule has 1 heterocycles. The van der Waals surface area contributed by atoms with Gasteiger partial charge in [-0.1, -0.05) is 23.9 Å². The normalized spacial score (nSPS) is 14.9. The van der Waals surface area contributed by atoms with Crippen LogP contribution >= 0.6 is 24.0 Å². The summed E-state index contributed by atoms with van der Waals surface area (Å²) in [6.45, 7) is -0.477. The summed E-state index contributed by atoms with van der Waals surface area (Å²) in [6.07, 6.45) is 1.57. The number of rotatable bonds is 6. The van der Waals surface area contributed by atoms with E-state index in [1.807, 2.05) is 0 Å². The summed E-state index contributed by atoms with van der Waals surface area (Å²) in [4.78, 5) is 35.8. The Morgan fingerprint density at radius 3 is 2.62 bits per heavy atom. The molecule has 1 aliphatic rings. The number of carbonyl (C=O) groups is 3. The Morgan fingerprint density at radius 1 is 1.21 bits per heavy atom. The molecule has 3 N–H and O–H groups in total. The minimum Gasteiger partial charge on any atom is -0.508 e. The summed E-state index contributed by atoms with van der Waals surface area (Å²) in [5.41, 5.74) is 3.31. The van der Waals surface area contributed by atoms with Gasteiger partial charge < -0.3 is 14.9 Å². The van der Waals surface area contributed by atoms with E-state index < -0.39 is 24.4 Å². The molecule has 0 unspecified atom stereocenters. The topological polar surface area (TPSA) is 116 Å². The van der Waals surface area contributed by atoms with Crippen LogP contribution in [0.25, 0.3) is 6.08 Å². The predicted octanol–water partition coefficient (Wildman–Crippen LogP) is 2.40. The van der Waals surface area contributed by atoms with E-state index in [-0.39, 0.29) is 20.5 Å². The maximum Gasteiger partial charge on any atom is 0.341 e. The SMILES string of the molecule is O=C(O)COc1cccc(/C=C2\SC(=S)N(NC(=O)c3ccc(O)cc3)C2=O)c1. The number of thiocarbonyl (C=S) groups is 1. The van der Waals surface area contributed by atoms with Crippen LogP contribution in [0, 0.1) is 0 Å². The molecule has 0 bridgehead atoms. The van der Waals surface area contributed by atoms with Gasteiger partial charge in [-0.25, -0.2) is 4.79 Å². The first kappa shape index (κ1) is 20.4. The molecule has 0 aromatic heterocycles. The third kappa shape index (κ3) is 5.12. The number of hydrogen-bond acceptors (Lipinski definition) is 7. The lowest BCUT2D eigenvalue weighted by atomic mass is 10.2. The first-order valence-corrected chi connectivity index (χ1v) is 9.38. The van der Waals surface area contributed by atoms with Crippen LogP contribution in [-0.2, 0) is 9.59 Å². The van der Waals surface area contributed by atoms with Crippen molar-refractivity contribution in [3.8, 4) is 11.5 Å². The number of carboxylic acid groups (broad SMARTS) is 1. The maximum atomic E-state index is 12.6. The van der Waals surface area contributed by atoms with E-state index in [2.05, 4.69) is 5.43 Å². The van der Waals surface area contributed by atoms with Gasteiger partial charge >= 0.3 is 5.97 Å². The number of aliphatic carboxylic acids is 1. The fourth-order valence-electron chi connectivity index (χ4n) is 2.33. The van der Waals surface area contributed by atoms with Gasteiger partial charge in [0.05, 0.1) is 4.91 Å². The van der Waals surface area contributed by atoms with Crippen LogP contribution in [0.2, 0.25) is 0 Å². The van der Waals surface area contributed by atoms with E-state index in [9.17, 15) is 19.5 Å². The summed E-state index contributed by atoms with van der Waals surface area (Å²) in [5, 5.41) is 19.0. The number of phenolic OH excluding ortho intramolecular Hbond substituents is 1. The average molecular weight is 430 g/mol. The van der Waals surface area contributed by atoms with Crippen LogP contribution < -0.4 is 10.2 Å². The van der Waals surface area contributed by atoms with Gasteiger partial charge in [0.1, 0.15) is 11.5 Å². The van der Waals surface area contributed by atoms with E-state index in [0.29, 0.717) is 11.3 Å². The highest BCUT2D eigenvalue weighted by atomic mass is 32.2. The van der Waals surface area contributed by atoms with Gasteiger partial charge in [-0.2, -0.15) is 5.01 Å². The molecular weight excluding hydrogens is 416 g/mol. The molecule has 8 nitrogen and oxygen atoms in total. The van der Waals surface area contributed by atoms with Crippen molar-refractivity contribution >= 4 is 52.2 Å². The molecule has 0 spiro atoms. The van der Waals surface area contributed by atoms with Crippen LogP contribution in [0.15, 0.2) is 53.4 Å². The van der Waals surface area contributed by atoms with Crippen LogP contribution in [0.5, 0.6) is 11.5 Å². The van der Waals surface area contributed by atoms with Gasteiger partial charge in [0.2, 0.25) is 0 Å². The number of hydrazine groups is 1. The van der Waals surface area contributed by atoms with Crippen molar-refractivity contribution in [2.24, 2.45) is 0 Å². The number of nitrogens with zero attached hydrogens (tertiary/aromatic N) is 1. The lowest BCUT2D eigenvalue weighted by Gasteiger charge is -2.15. The Kier molecular flexibility index (Phi) is 6.15. The number of carbonyl (C=O) groups excluding carboxylic acids is 2. The largest absolute Gasteiger partial charge is 0.508 e. The standard InChI is InChI=1S/C19H14N2O6S2/c22-13-6-4-12(5-7-13)17(25)20-21-18(26)15(29-19(21)28)9-11-2-1-3-14(8-11)27-10-16(23)24/h1-9,22H,10H2,(H,20,25)(H,23,24)/b15-9-. The van der Waals surface area contributed by atoms with Crippen molar-refractivity contribution in [1.29, 1.82) is 0 Å². The Hall–Kier alpha value is -3.37. The number of hydrogen-bond donors (Lipinski definition) is 3. The minimum absolute atomic E-state index is 0.0182. The highest BCUT2D eigenvalue weighted by molar-refractivity contribution is 8.26. The first-order chi connectivity index (χ1) is 13.8. The zero-order valence-corrected chi connectivity index (χ0v) is 16.3. The van der Waals surface area contributed by atoms with E-state index in [0.717, 1.165) is 16.8 Å². The van der Waals surface area contributed by atoms with Crippen LogP contribution in [0.4, 0.5) is 0 Å². The second-order valence-corrected chi connectivity index (χ2v) is 7.44. The Balaban J connectivity index is 1.73. The van der Waals surface area contributed by atoms with Gasteiger partial charge in [0.25, 0.3) is 11.8 Å². The Bertz CT molecular complexity index is 1020. The van der Waals surface area contributed by atoms with Gasteiger partial charge in [0, 0.05) is 5.56 Å². The number of nitrogens with one attached hydrogen (secondary N) is 1. The van der Waals surface area contributed by atoms with Crippen molar-refractivity contribution < 1.29 is 29.3 Å². The van der Waals surface area contributed by atoms with E-state index in [1.54, 1.807) is 30.3 Å². The maximum absolute atomic E-state index is 12.6. The molecule has 2 aromatic rings. The van der Waals surface area contributed by atoms with Crippen LogP contribution in [0.1, 0.15) is 15.9 Å². The molecule has 0 atom stereocenters. The van der Waals surface area contributed by atoms with Gasteiger partial charge in [0.15, 0.2) is 10.9 Å². The fourth-order valence-corrected chi connectivity index (χ4v) is 3.51. The number of thioether (sulfide) groups is 1. The molecule has 148 valence electrons. The number of ether oxygens (including phenoxy) is 1. The number of aromatic hydroxyl groups is 1. The molecule has 3 rings (SSSR count). The monoisotopic (exact) mass is 430 g/mol. The van der Waals surface area contributed by atoms with E-state index in [4.69, 9.17) is 22.1 Å².